The molecule has 0 unspecified atom stereocenters. The van der Waals surface area contributed by atoms with Crippen LogP contribution in [0.4, 0.5) is 17.3 Å². The normalized spacial score (nSPS) is 10.3. The van der Waals surface area contributed by atoms with Crippen molar-refractivity contribution < 1.29 is 4.92 Å². The molecule has 0 atom stereocenters. The molecule has 1 heterocycles. The van der Waals surface area contributed by atoms with Gasteiger partial charge in [0.05, 0.1) is 4.92 Å². The van der Waals surface area contributed by atoms with Gasteiger partial charge in [0.1, 0.15) is 6.33 Å². The molecule has 0 saturated carbocycles. The summed E-state index contributed by atoms with van der Waals surface area (Å²) >= 11 is 0. The van der Waals surface area contributed by atoms with Gasteiger partial charge >= 0.3 is 5.69 Å². The van der Waals surface area contributed by atoms with Crippen LogP contribution in [0.15, 0.2) is 30.6 Å². The predicted molar refractivity (Wildman–Crippen MR) is 86.2 cm³/mol. The Kier molecular flexibility index (Phi) is 5.24. The van der Waals surface area contributed by atoms with Gasteiger partial charge in [0.2, 0.25) is 11.6 Å². The molecule has 2 N–H and O–H groups in total. The smallest absolute Gasteiger partial charge is 0.353 e. The molecule has 0 aliphatic rings. The van der Waals surface area contributed by atoms with Crippen molar-refractivity contribution in [3.63, 3.8) is 0 Å². The Balaban J connectivity index is 2.03. The summed E-state index contributed by atoms with van der Waals surface area (Å²) in [6.45, 7) is 2.68. The third kappa shape index (κ3) is 3.69. The van der Waals surface area contributed by atoms with Crippen molar-refractivity contribution in [2.45, 2.75) is 19.8 Å². The van der Waals surface area contributed by atoms with Gasteiger partial charge in [-0.1, -0.05) is 31.2 Å². The highest BCUT2D eigenvalue weighted by atomic mass is 16.6. The SMILES string of the molecule is CCc1ccc(CCNc2ncnc(NC)c2[N+](=O)[O-])cc1. The minimum Gasteiger partial charge on any atom is -0.367 e. The zero-order chi connectivity index (χ0) is 15.9. The van der Waals surface area contributed by atoms with Crippen molar-refractivity contribution in [1.82, 2.24) is 9.97 Å². The largest absolute Gasteiger partial charge is 0.367 e. The first-order valence-electron chi connectivity index (χ1n) is 7.14. The zero-order valence-corrected chi connectivity index (χ0v) is 12.7. The van der Waals surface area contributed by atoms with Gasteiger partial charge < -0.3 is 10.6 Å². The van der Waals surface area contributed by atoms with Gasteiger partial charge in [0, 0.05) is 13.6 Å². The minimum absolute atomic E-state index is 0.133. The van der Waals surface area contributed by atoms with Gasteiger partial charge in [0.15, 0.2) is 0 Å². The first kappa shape index (κ1) is 15.7. The fraction of sp³-hybridized carbons (Fsp3) is 0.333. The van der Waals surface area contributed by atoms with Crippen molar-refractivity contribution in [3.8, 4) is 0 Å². The van der Waals surface area contributed by atoms with Gasteiger partial charge in [-0.15, -0.1) is 0 Å². The molecule has 0 spiro atoms. The second kappa shape index (κ2) is 7.35. The van der Waals surface area contributed by atoms with Crippen molar-refractivity contribution >= 4 is 17.3 Å². The average molecular weight is 301 g/mol. The van der Waals surface area contributed by atoms with E-state index in [0.717, 1.165) is 12.8 Å². The Morgan fingerprint density at radius 3 is 2.36 bits per heavy atom. The Hall–Kier alpha value is -2.70. The predicted octanol–water partition coefficient (Wildman–Crippen LogP) is 2.64. The summed E-state index contributed by atoms with van der Waals surface area (Å²) in [6.07, 6.45) is 3.08. The molecule has 7 heteroatoms. The molecule has 1 aromatic carbocycles. The molecule has 7 nitrogen and oxygen atoms in total. The van der Waals surface area contributed by atoms with Gasteiger partial charge in [-0.05, 0) is 24.0 Å². The second-order valence-electron chi connectivity index (χ2n) is 4.77. The Morgan fingerprint density at radius 2 is 1.77 bits per heavy atom. The van der Waals surface area contributed by atoms with Crippen LogP contribution >= 0.6 is 0 Å². The number of hydrogen-bond acceptors (Lipinski definition) is 6. The molecule has 0 amide bonds. The lowest BCUT2D eigenvalue weighted by molar-refractivity contribution is -0.383. The molecule has 0 radical (unpaired) electrons. The number of aryl methyl sites for hydroxylation is 1. The topological polar surface area (TPSA) is 93.0 Å². The van der Waals surface area contributed by atoms with Crippen LogP contribution in [-0.4, -0.2) is 28.5 Å². The minimum atomic E-state index is -0.482. The number of rotatable bonds is 7. The van der Waals surface area contributed by atoms with Crippen LogP contribution in [0.5, 0.6) is 0 Å². The summed E-state index contributed by atoms with van der Waals surface area (Å²) in [5, 5.41) is 16.9. The van der Waals surface area contributed by atoms with Gasteiger partial charge in [0.25, 0.3) is 0 Å². The summed E-state index contributed by atoms with van der Waals surface area (Å²) in [4.78, 5) is 18.5. The van der Waals surface area contributed by atoms with E-state index < -0.39 is 4.92 Å². The molecular formula is C15H19N5O2. The lowest BCUT2D eigenvalue weighted by Crippen LogP contribution is -2.10. The molecule has 22 heavy (non-hydrogen) atoms. The van der Waals surface area contributed by atoms with E-state index >= 15 is 0 Å². The summed E-state index contributed by atoms with van der Waals surface area (Å²) in [5.41, 5.74) is 2.34. The lowest BCUT2D eigenvalue weighted by atomic mass is 10.1. The van der Waals surface area contributed by atoms with E-state index in [9.17, 15) is 10.1 Å². The fourth-order valence-electron chi connectivity index (χ4n) is 2.13. The monoisotopic (exact) mass is 301 g/mol. The Morgan fingerprint density at radius 1 is 1.14 bits per heavy atom. The van der Waals surface area contributed by atoms with Gasteiger partial charge in [-0.3, -0.25) is 10.1 Å². The highest BCUT2D eigenvalue weighted by molar-refractivity contribution is 5.68. The number of aromatic nitrogens is 2. The molecule has 0 fully saturated rings. The van der Waals surface area contributed by atoms with Crippen LogP contribution < -0.4 is 10.6 Å². The molecule has 2 aromatic rings. The summed E-state index contributed by atoms with van der Waals surface area (Å²) in [6, 6.07) is 8.35. The molecule has 2 rings (SSSR count). The molecule has 0 saturated heterocycles. The fourth-order valence-corrected chi connectivity index (χ4v) is 2.13. The van der Waals surface area contributed by atoms with E-state index in [-0.39, 0.29) is 17.3 Å². The first-order valence-corrected chi connectivity index (χ1v) is 7.14. The molecular weight excluding hydrogens is 282 g/mol. The average Bonchev–Trinajstić information content (AvgIpc) is 2.55. The summed E-state index contributed by atoms with van der Waals surface area (Å²) < 4.78 is 0. The number of nitrogens with one attached hydrogen (secondary N) is 2. The first-order chi connectivity index (χ1) is 10.7. The van der Waals surface area contributed by atoms with Crippen LogP contribution in [-0.2, 0) is 12.8 Å². The maximum absolute atomic E-state index is 11.2. The summed E-state index contributed by atoms with van der Waals surface area (Å²) in [5.74, 6) is 0.435. The third-order valence-corrected chi connectivity index (χ3v) is 3.38. The molecule has 0 bridgehead atoms. The second-order valence-corrected chi connectivity index (χ2v) is 4.77. The number of benzene rings is 1. The molecule has 0 aliphatic carbocycles. The van der Waals surface area contributed by atoms with E-state index in [4.69, 9.17) is 0 Å². The van der Waals surface area contributed by atoms with Crippen LogP contribution in [0.25, 0.3) is 0 Å². The number of nitro groups is 1. The van der Waals surface area contributed by atoms with Crippen LogP contribution in [0, 0.1) is 10.1 Å². The van der Waals surface area contributed by atoms with E-state index in [0.29, 0.717) is 6.54 Å². The number of hydrogen-bond donors (Lipinski definition) is 2. The van der Waals surface area contributed by atoms with Crippen molar-refractivity contribution in [2.75, 3.05) is 24.2 Å². The lowest BCUT2D eigenvalue weighted by Gasteiger charge is -2.08. The van der Waals surface area contributed by atoms with Crippen LogP contribution in [0.1, 0.15) is 18.1 Å². The Labute approximate surface area is 129 Å². The molecule has 116 valence electrons. The van der Waals surface area contributed by atoms with Crippen LogP contribution in [0.3, 0.4) is 0 Å². The van der Waals surface area contributed by atoms with Gasteiger partial charge in [-0.25, -0.2) is 9.97 Å². The highest BCUT2D eigenvalue weighted by Gasteiger charge is 2.21. The maximum Gasteiger partial charge on any atom is 0.353 e. The zero-order valence-electron chi connectivity index (χ0n) is 12.7. The Bertz CT molecular complexity index is 643. The van der Waals surface area contributed by atoms with E-state index in [1.54, 1.807) is 7.05 Å². The van der Waals surface area contributed by atoms with E-state index in [1.807, 2.05) is 0 Å². The van der Waals surface area contributed by atoms with Crippen molar-refractivity contribution in [1.29, 1.82) is 0 Å². The third-order valence-electron chi connectivity index (χ3n) is 3.38. The highest BCUT2D eigenvalue weighted by Crippen LogP contribution is 2.28. The van der Waals surface area contributed by atoms with Crippen molar-refractivity contribution in [2.24, 2.45) is 0 Å². The van der Waals surface area contributed by atoms with Gasteiger partial charge in [-0.2, -0.15) is 0 Å². The maximum atomic E-state index is 11.2. The molecule has 0 aliphatic heterocycles. The quantitative estimate of drug-likeness (QED) is 0.603. The summed E-state index contributed by atoms with van der Waals surface area (Å²) in [7, 11) is 1.59. The number of anilines is 2. The van der Waals surface area contributed by atoms with Crippen LogP contribution in [0.2, 0.25) is 0 Å². The van der Waals surface area contributed by atoms with E-state index in [1.165, 1.54) is 17.5 Å². The standard InChI is InChI=1S/C15H19N5O2/c1-3-11-4-6-12(7-5-11)8-9-17-15-13(20(21)22)14(16-2)18-10-19-15/h4-7,10H,3,8-9H2,1-2H3,(H2,16,17,18,19). The number of nitrogens with zero attached hydrogens (tertiary/aromatic N) is 3. The van der Waals surface area contributed by atoms with Crippen molar-refractivity contribution in [3.05, 3.63) is 51.8 Å². The van der Waals surface area contributed by atoms with E-state index in [2.05, 4.69) is 51.8 Å². The molecule has 1 aromatic heterocycles.